The highest BCUT2D eigenvalue weighted by molar-refractivity contribution is 5.98. The zero-order valence-corrected chi connectivity index (χ0v) is 13.4. The molecule has 0 aliphatic heterocycles. The van der Waals surface area contributed by atoms with Gasteiger partial charge in [-0.2, -0.15) is 0 Å². The van der Waals surface area contributed by atoms with Gasteiger partial charge in [-0.25, -0.2) is 9.78 Å². The predicted molar refractivity (Wildman–Crippen MR) is 98.7 cm³/mol. The van der Waals surface area contributed by atoms with Gasteiger partial charge in [-0.15, -0.1) is 0 Å². The third-order valence-corrected chi connectivity index (χ3v) is 4.46. The summed E-state index contributed by atoms with van der Waals surface area (Å²) in [4.78, 5) is 15.8. The fraction of sp³-hybridized carbons (Fsp3) is 0.0476. The van der Waals surface area contributed by atoms with Crippen LogP contribution in [-0.4, -0.2) is 16.1 Å². The van der Waals surface area contributed by atoms with Crippen molar-refractivity contribution in [3.63, 3.8) is 0 Å². The summed E-state index contributed by atoms with van der Waals surface area (Å²) in [5, 5.41) is 11.1. The molecule has 4 heteroatoms. The first-order chi connectivity index (χ1) is 12.1. The molecule has 3 N–H and O–H groups in total. The van der Waals surface area contributed by atoms with Gasteiger partial charge in [0.1, 0.15) is 0 Å². The molecule has 1 unspecified atom stereocenters. The van der Waals surface area contributed by atoms with Gasteiger partial charge in [0.15, 0.2) is 0 Å². The molecular formula is C21H16N2O2. The lowest BCUT2D eigenvalue weighted by atomic mass is 9.92. The highest BCUT2D eigenvalue weighted by Gasteiger charge is 2.17. The van der Waals surface area contributed by atoms with Crippen LogP contribution in [0.15, 0.2) is 72.8 Å². The minimum atomic E-state index is -0.945. The lowest BCUT2D eigenvalue weighted by Gasteiger charge is -2.18. The zero-order chi connectivity index (χ0) is 17.4. The summed E-state index contributed by atoms with van der Waals surface area (Å²) in [5.74, 6) is -0.945. The van der Waals surface area contributed by atoms with E-state index < -0.39 is 5.97 Å². The number of para-hydroxylation sites is 2. The molecule has 0 radical (unpaired) electrons. The average Bonchev–Trinajstić information content (AvgIpc) is 2.65. The van der Waals surface area contributed by atoms with E-state index in [1.807, 2.05) is 48.5 Å². The van der Waals surface area contributed by atoms with E-state index in [9.17, 15) is 4.79 Å². The topological polar surface area (TPSA) is 76.2 Å². The number of carbonyl (C=O) groups is 1. The maximum atomic E-state index is 11.1. The molecule has 25 heavy (non-hydrogen) atoms. The van der Waals surface area contributed by atoms with Gasteiger partial charge >= 0.3 is 5.97 Å². The highest BCUT2D eigenvalue weighted by Crippen LogP contribution is 2.33. The smallest absolute Gasteiger partial charge is 0.335 e. The summed E-state index contributed by atoms with van der Waals surface area (Å²) in [6.07, 6.45) is 0. The van der Waals surface area contributed by atoms with Crippen molar-refractivity contribution in [2.24, 2.45) is 5.73 Å². The van der Waals surface area contributed by atoms with Crippen LogP contribution in [-0.2, 0) is 0 Å². The van der Waals surface area contributed by atoms with Gasteiger partial charge in [0, 0.05) is 10.8 Å². The number of hydrogen-bond donors (Lipinski definition) is 2. The fourth-order valence-corrected chi connectivity index (χ4v) is 3.21. The summed E-state index contributed by atoms with van der Waals surface area (Å²) in [6.45, 7) is 0. The van der Waals surface area contributed by atoms with E-state index in [0.717, 1.165) is 32.9 Å². The van der Waals surface area contributed by atoms with E-state index in [1.54, 1.807) is 24.3 Å². The molecule has 0 fully saturated rings. The van der Waals surface area contributed by atoms with Crippen LogP contribution in [0.2, 0.25) is 0 Å². The van der Waals surface area contributed by atoms with Gasteiger partial charge in [0.2, 0.25) is 0 Å². The Balaban J connectivity index is 1.95. The largest absolute Gasteiger partial charge is 0.478 e. The maximum absolute atomic E-state index is 11.1. The number of pyridine rings is 1. The van der Waals surface area contributed by atoms with E-state index >= 15 is 0 Å². The van der Waals surface area contributed by atoms with Gasteiger partial charge in [-0.1, -0.05) is 48.5 Å². The molecule has 1 aromatic heterocycles. The lowest BCUT2D eigenvalue weighted by molar-refractivity contribution is 0.0697. The Morgan fingerprint density at radius 1 is 0.840 bits per heavy atom. The molecule has 0 bridgehead atoms. The summed E-state index contributed by atoms with van der Waals surface area (Å²) in [6, 6.07) is 22.2. The number of nitrogens with zero attached hydrogens (tertiary/aromatic N) is 1. The second kappa shape index (κ2) is 6.00. The molecule has 1 heterocycles. The number of carboxylic acid groups (broad SMARTS) is 1. The molecule has 4 nitrogen and oxygen atoms in total. The van der Waals surface area contributed by atoms with Crippen LogP contribution in [0, 0.1) is 0 Å². The molecule has 0 saturated carbocycles. The van der Waals surface area contributed by atoms with Crippen LogP contribution >= 0.6 is 0 Å². The van der Waals surface area contributed by atoms with Crippen LogP contribution in [0.25, 0.3) is 21.8 Å². The summed E-state index contributed by atoms with van der Waals surface area (Å²) >= 11 is 0. The predicted octanol–water partition coefficient (Wildman–Crippen LogP) is 4.13. The first kappa shape index (κ1) is 15.3. The van der Waals surface area contributed by atoms with Crippen molar-refractivity contribution in [3.8, 4) is 0 Å². The fourth-order valence-electron chi connectivity index (χ4n) is 3.21. The molecule has 0 amide bonds. The molecule has 1 atom stereocenters. The van der Waals surface area contributed by atoms with Crippen molar-refractivity contribution in [3.05, 3.63) is 89.5 Å². The first-order valence-corrected chi connectivity index (χ1v) is 8.01. The van der Waals surface area contributed by atoms with Crippen LogP contribution < -0.4 is 5.73 Å². The van der Waals surface area contributed by atoms with Crippen molar-refractivity contribution >= 4 is 27.8 Å². The molecule has 0 spiro atoms. The van der Waals surface area contributed by atoms with Gasteiger partial charge in [0.25, 0.3) is 0 Å². The molecule has 4 rings (SSSR count). The van der Waals surface area contributed by atoms with Crippen LogP contribution in [0.1, 0.15) is 27.5 Å². The number of aromatic nitrogens is 1. The third-order valence-electron chi connectivity index (χ3n) is 4.46. The lowest BCUT2D eigenvalue weighted by Crippen LogP contribution is -2.13. The van der Waals surface area contributed by atoms with Crippen LogP contribution in [0.5, 0.6) is 0 Å². The van der Waals surface area contributed by atoms with Crippen molar-refractivity contribution in [1.29, 1.82) is 0 Å². The van der Waals surface area contributed by atoms with E-state index in [0.29, 0.717) is 0 Å². The Morgan fingerprint density at radius 2 is 1.36 bits per heavy atom. The Hall–Kier alpha value is -3.24. The maximum Gasteiger partial charge on any atom is 0.335 e. The van der Waals surface area contributed by atoms with Crippen LogP contribution in [0.4, 0.5) is 0 Å². The normalized spacial score (nSPS) is 12.4. The molecular weight excluding hydrogens is 312 g/mol. The Labute approximate surface area is 144 Å². The molecule has 4 aromatic rings. The molecule has 3 aromatic carbocycles. The Morgan fingerprint density at radius 3 is 1.88 bits per heavy atom. The molecule has 0 saturated heterocycles. The van der Waals surface area contributed by atoms with Gasteiger partial charge in [-0.05, 0) is 35.4 Å². The number of nitrogens with two attached hydrogens (primary N) is 1. The number of carboxylic acids is 1. The summed E-state index contributed by atoms with van der Waals surface area (Å²) < 4.78 is 0. The van der Waals surface area contributed by atoms with E-state index in [2.05, 4.69) is 0 Å². The summed E-state index contributed by atoms with van der Waals surface area (Å²) in [7, 11) is 0. The molecule has 0 aliphatic rings. The standard InChI is InChI=1S/C21H16N2O2/c22-20(13-9-11-14(12-10-13)21(24)25)19-15-5-1-3-7-17(15)23-18-8-4-2-6-16(18)19/h1-12,20H,22H2,(H,24,25). The van der Waals surface area contributed by atoms with Crippen molar-refractivity contribution in [1.82, 2.24) is 4.98 Å². The first-order valence-electron chi connectivity index (χ1n) is 8.01. The minimum absolute atomic E-state index is 0.250. The van der Waals surface area contributed by atoms with E-state index in [4.69, 9.17) is 15.8 Å². The number of aromatic carboxylic acids is 1. The van der Waals surface area contributed by atoms with E-state index in [1.165, 1.54) is 0 Å². The highest BCUT2D eigenvalue weighted by atomic mass is 16.4. The number of fused-ring (bicyclic) bond motifs is 2. The van der Waals surface area contributed by atoms with E-state index in [-0.39, 0.29) is 11.6 Å². The van der Waals surface area contributed by atoms with Crippen LogP contribution in [0.3, 0.4) is 0 Å². The molecule has 0 aliphatic carbocycles. The third kappa shape index (κ3) is 2.62. The van der Waals surface area contributed by atoms with Crippen molar-refractivity contribution < 1.29 is 9.90 Å². The second-order valence-electron chi connectivity index (χ2n) is 5.96. The Kier molecular flexibility index (Phi) is 3.67. The molecule has 122 valence electrons. The second-order valence-corrected chi connectivity index (χ2v) is 5.96. The summed E-state index contributed by atoms with van der Waals surface area (Å²) in [5.41, 5.74) is 10.5. The number of benzene rings is 3. The van der Waals surface area contributed by atoms with Gasteiger partial charge < -0.3 is 10.8 Å². The average molecular weight is 328 g/mol. The van der Waals surface area contributed by atoms with Crippen molar-refractivity contribution in [2.45, 2.75) is 6.04 Å². The Bertz CT molecular complexity index is 1030. The number of rotatable bonds is 3. The minimum Gasteiger partial charge on any atom is -0.478 e. The van der Waals surface area contributed by atoms with Crippen molar-refractivity contribution in [2.75, 3.05) is 0 Å². The quantitative estimate of drug-likeness (QED) is 0.554. The monoisotopic (exact) mass is 328 g/mol. The zero-order valence-electron chi connectivity index (χ0n) is 13.4. The number of hydrogen-bond acceptors (Lipinski definition) is 3. The van der Waals surface area contributed by atoms with Gasteiger partial charge in [-0.3, -0.25) is 0 Å². The van der Waals surface area contributed by atoms with Gasteiger partial charge in [0.05, 0.1) is 22.6 Å². The SMILES string of the molecule is NC(c1ccc(C(=O)O)cc1)c1c2ccccc2nc2ccccc12.